The summed E-state index contributed by atoms with van der Waals surface area (Å²) in [7, 11) is 1.82. The molecule has 2 aromatic rings. The average molecular weight is 229 g/mol. The van der Waals surface area contributed by atoms with E-state index in [1.54, 1.807) is 16.9 Å². The lowest BCUT2D eigenvalue weighted by atomic mass is 10.1. The molecule has 4 nitrogen and oxygen atoms in total. The number of aromatic nitrogens is 2. The molecule has 0 bridgehead atoms. The molecule has 0 fully saturated rings. The molecule has 0 aliphatic rings. The lowest BCUT2D eigenvalue weighted by Crippen LogP contribution is -2.12. The summed E-state index contributed by atoms with van der Waals surface area (Å²) in [6.07, 6.45) is 3.02. The molecular formula is C13H15N3O. The van der Waals surface area contributed by atoms with E-state index >= 15 is 0 Å². The summed E-state index contributed by atoms with van der Waals surface area (Å²) >= 11 is 0. The Morgan fingerprint density at radius 2 is 2.06 bits per heavy atom. The summed E-state index contributed by atoms with van der Waals surface area (Å²) in [4.78, 5) is 11.6. The van der Waals surface area contributed by atoms with Crippen LogP contribution in [-0.2, 0) is 18.3 Å². The van der Waals surface area contributed by atoms with Crippen molar-refractivity contribution in [2.24, 2.45) is 7.05 Å². The third-order valence-electron chi connectivity index (χ3n) is 2.46. The van der Waals surface area contributed by atoms with Crippen molar-refractivity contribution in [3.8, 4) is 0 Å². The predicted octanol–water partition coefficient (Wildman–Crippen LogP) is 1.99. The molecule has 1 aromatic heterocycles. The van der Waals surface area contributed by atoms with E-state index in [2.05, 4.69) is 10.4 Å². The minimum absolute atomic E-state index is 0.00690. The molecule has 0 spiro atoms. The van der Waals surface area contributed by atoms with Gasteiger partial charge in [-0.3, -0.25) is 9.48 Å². The van der Waals surface area contributed by atoms with Crippen molar-refractivity contribution < 1.29 is 4.79 Å². The van der Waals surface area contributed by atoms with Crippen LogP contribution >= 0.6 is 0 Å². The van der Waals surface area contributed by atoms with E-state index in [0.717, 1.165) is 6.42 Å². The third-order valence-corrected chi connectivity index (χ3v) is 2.46. The van der Waals surface area contributed by atoms with Gasteiger partial charge in [0.1, 0.15) is 0 Å². The van der Waals surface area contributed by atoms with E-state index < -0.39 is 0 Å². The van der Waals surface area contributed by atoms with Crippen LogP contribution in [-0.4, -0.2) is 15.7 Å². The van der Waals surface area contributed by atoms with Crippen molar-refractivity contribution in [3.05, 3.63) is 48.2 Å². The van der Waals surface area contributed by atoms with E-state index in [4.69, 9.17) is 0 Å². The zero-order chi connectivity index (χ0) is 12.1. The second kappa shape index (κ2) is 5.30. The van der Waals surface area contributed by atoms with E-state index in [1.807, 2.05) is 37.4 Å². The zero-order valence-corrected chi connectivity index (χ0v) is 9.76. The number of carbonyl (C=O) groups is 1. The molecule has 17 heavy (non-hydrogen) atoms. The minimum atomic E-state index is -0.00690. The molecule has 0 saturated carbocycles. The Bertz CT molecular complexity index is 490. The largest absolute Gasteiger partial charge is 0.309 e. The average Bonchev–Trinajstić information content (AvgIpc) is 2.73. The van der Waals surface area contributed by atoms with E-state index in [0.29, 0.717) is 12.2 Å². The summed E-state index contributed by atoms with van der Waals surface area (Å²) in [6.45, 7) is 0. The lowest BCUT2D eigenvalue weighted by molar-refractivity contribution is -0.116. The summed E-state index contributed by atoms with van der Waals surface area (Å²) in [5.41, 5.74) is 1.17. The van der Waals surface area contributed by atoms with Crippen molar-refractivity contribution in [1.82, 2.24) is 9.78 Å². The van der Waals surface area contributed by atoms with Gasteiger partial charge in [-0.2, -0.15) is 5.10 Å². The van der Waals surface area contributed by atoms with Gasteiger partial charge in [-0.15, -0.1) is 0 Å². The fourth-order valence-electron chi connectivity index (χ4n) is 1.59. The highest BCUT2D eigenvalue weighted by atomic mass is 16.1. The van der Waals surface area contributed by atoms with Gasteiger partial charge >= 0.3 is 0 Å². The molecule has 0 atom stereocenters. The fraction of sp³-hybridized carbons (Fsp3) is 0.231. The maximum absolute atomic E-state index is 11.6. The monoisotopic (exact) mass is 229 g/mol. The highest BCUT2D eigenvalue weighted by Crippen LogP contribution is 2.05. The number of hydrogen-bond acceptors (Lipinski definition) is 2. The van der Waals surface area contributed by atoms with Crippen LogP contribution in [0.25, 0.3) is 0 Å². The van der Waals surface area contributed by atoms with Crippen molar-refractivity contribution in [2.75, 3.05) is 5.32 Å². The molecule has 2 rings (SSSR count). The number of anilines is 1. The van der Waals surface area contributed by atoms with Gasteiger partial charge in [-0.25, -0.2) is 0 Å². The van der Waals surface area contributed by atoms with Crippen LogP contribution in [0.2, 0.25) is 0 Å². The number of aryl methyl sites for hydroxylation is 2. The van der Waals surface area contributed by atoms with Crippen molar-refractivity contribution in [3.63, 3.8) is 0 Å². The molecule has 0 aliphatic carbocycles. The quantitative estimate of drug-likeness (QED) is 0.871. The summed E-state index contributed by atoms with van der Waals surface area (Å²) in [5, 5.41) is 6.85. The number of nitrogens with zero attached hydrogens (tertiary/aromatic N) is 2. The topological polar surface area (TPSA) is 46.9 Å². The Kier molecular flexibility index (Phi) is 3.55. The molecule has 88 valence electrons. The minimum Gasteiger partial charge on any atom is -0.309 e. The number of rotatable bonds is 4. The van der Waals surface area contributed by atoms with Crippen molar-refractivity contribution >= 4 is 11.7 Å². The number of carbonyl (C=O) groups excluding carboxylic acids is 1. The van der Waals surface area contributed by atoms with Crippen LogP contribution in [0.1, 0.15) is 12.0 Å². The van der Waals surface area contributed by atoms with E-state index in [-0.39, 0.29) is 5.91 Å². The lowest BCUT2D eigenvalue weighted by Gasteiger charge is -2.02. The fourth-order valence-corrected chi connectivity index (χ4v) is 1.59. The molecule has 1 amide bonds. The summed E-state index contributed by atoms with van der Waals surface area (Å²) in [5.74, 6) is 0.595. The molecule has 0 radical (unpaired) electrons. The Hall–Kier alpha value is -2.10. The summed E-state index contributed by atoms with van der Waals surface area (Å²) < 4.78 is 1.66. The first-order valence-electron chi connectivity index (χ1n) is 5.57. The molecule has 0 saturated heterocycles. The maximum atomic E-state index is 11.6. The SMILES string of the molecule is Cn1ccc(NC(=O)CCc2ccccc2)n1. The van der Waals surface area contributed by atoms with Crippen LogP contribution in [0.4, 0.5) is 5.82 Å². The second-order valence-electron chi connectivity index (χ2n) is 3.91. The normalized spacial score (nSPS) is 10.2. The Morgan fingerprint density at radius 1 is 1.29 bits per heavy atom. The van der Waals surface area contributed by atoms with Crippen molar-refractivity contribution in [1.29, 1.82) is 0 Å². The standard InChI is InChI=1S/C13H15N3O/c1-16-10-9-12(15-16)14-13(17)8-7-11-5-3-2-4-6-11/h2-6,9-10H,7-8H2,1H3,(H,14,15,17). The van der Waals surface area contributed by atoms with E-state index in [1.165, 1.54) is 5.56 Å². The van der Waals surface area contributed by atoms with Gasteiger partial charge in [0.05, 0.1) is 0 Å². The highest BCUT2D eigenvalue weighted by Gasteiger charge is 2.04. The number of nitrogens with one attached hydrogen (secondary N) is 1. The predicted molar refractivity (Wildman–Crippen MR) is 66.6 cm³/mol. The molecule has 1 N–H and O–H groups in total. The first-order valence-corrected chi connectivity index (χ1v) is 5.57. The van der Waals surface area contributed by atoms with Gasteiger partial charge in [0.2, 0.25) is 5.91 Å². The molecule has 1 aromatic carbocycles. The summed E-state index contributed by atoms with van der Waals surface area (Å²) in [6, 6.07) is 11.7. The first kappa shape index (κ1) is 11.4. The Balaban J connectivity index is 1.82. The van der Waals surface area contributed by atoms with Crippen LogP contribution in [0, 0.1) is 0 Å². The van der Waals surface area contributed by atoms with E-state index in [9.17, 15) is 4.79 Å². The molecule has 4 heteroatoms. The number of benzene rings is 1. The molecule has 0 unspecified atom stereocenters. The van der Waals surface area contributed by atoms with Gasteiger partial charge in [0, 0.05) is 25.7 Å². The van der Waals surface area contributed by atoms with Gasteiger partial charge in [-0.05, 0) is 12.0 Å². The zero-order valence-electron chi connectivity index (χ0n) is 9.76. The molecular weight excluding hydrogens is 214 g/mol. The Labute approximate surface area is 100 Å². The first-order chi connectivity index (χ1) is 8.24. The molecule has 0 aliphatic heterocycles. The number of amides is 1. The van der Waals surface area contributed by atoms with Gasteiger partial charge in [0.15, 0.2) is 5.82 Å². The third kappa shape index (κ3) is 3.45. The van der Waals surface area contributed by atoms with Crippen LogP contribution in [0.3, 0.4) is 0 Å². The van der Waals surface area contributed by atoms with Crippen molar-refractivity contribution in [2.45, 2.75) is 12.8 Å². The van der Waals surface area contributed by atoms with Gasteiger partial charge < -0.3 is 5.32 Å². The van der Waals surface area contributed by atoms with Crippen LogP contribution in [0.15, 0.2) is 42.6 Å². The smallest absolute Gasteiger partial charge is 0.225 e. The molecule has 1 heterocycles. The maximum Gasteiger partial charge on any atom is 0.225 e. The van der Waals surface area contributed by atoms with Crippen LogP contribution in [0.5, 0.6) is 0 Å². The van der Waals surface area contributed by atoms with Crippen LogP contribution < -0.4 is 5.32 Å². The van der Waals surface area contributed by atoms with Gasteiger partial charge in [-0.1, -0.05) is 30.3 Å². The Morgan fingerprint density at radius 3 is 2.71 bits per heavy atom. The van der Waals surface area contributed by atoms with Gasteiger partial charge in [0.25, 0.3) is 0 Å². The number of hydrogen-bond donors (Lipinski definition) is 1. The second-order valence-corrected chi connectivity index (χ2v) is 3.91. The highest BCUT2D eigenvalue weighted by molar-refractivity contribution is 5.89.